The summed E-state index contributed by atoms with van der Waals surface area (Å²) in [6.45, 7) is 10.1. The van der Waals surface area contributed by atoms with Crippen molar-refractivity contribution >= 4 is 5.69 Å². The third-order valence-corrected chi connectivity index (χ3v) is 4.16. The lowest BCUT2D eigenvalue weighted by atomic mass is 9.90. The van der Waals surface area contributed by atoms with Crippen molar-refractivity contribution in [2.75, 3.05) is 25.0 Å². The van der Waals surface area contributed by atoms with Gasteiger partial charge in [0.2, 0.25) is 0 Å². The molecule has 0 radical (unpaired) electrons. The van der Waals surface area contributed by atoms with Crippen molar-refractivity contribution in [3.8, 4) is 0 Å². The molecule has 100 valence electrons. The predicted molar refractivity (Wildman–Crippen MR) is 79.2 cm³/mol. The Labute approximate surface area is 111 Å². The SMILES string of the molecule is CCC(C)(C)CNCc1ccc2c(c1)CCN2C. The van der Waals surface area contributed by atoms with Crippen LogP contribution in [0.3, 0.4) is 0 Å². The molecule has 0 fully saturated rings. The summed E-state index contributed by atoms with van der Waals surface area (Å²) >= 11 is 0. The molecule has 0 saturated carbocycles. The van der Waals surface area contributed by atoms with Crippen LogP contribution in [0.25, 0.3) is 0 Å². The summed E-state index contributed by atoms with van der Waals surface area (Å²) in [6.07, 6.45) is 2.41. The Hall–Kier alpha value is -1.02. The van der Waals surface area contributed by atoms with E-state index < -0.39 is 0 Å². The van der Waals surface area contributed by atoms with Crippen LogP contribution in [0.15, 0.2) is 18.2 Å². The van der Waals surface area contributed by atoms with Crippen LogP contribution in [0.4, 0.5) is 5.69 Å². The predicted octanol–water partition coefficient (Wildman–Crippen LogP) is 3.20. The Morgan fingerprint density at radius 2 is 2.11 bits per heavy atom. The van der Waals surface area contributed by atoms with Crippen molar-refractivity contribution in [2.45, 2.75) is 40.2 Å². The molecule has 0 bridgehead atoms. The summed E-state index contributed by atoms with van der Waals surface area (Å²) in [5, 5.41) is 3.58. The highest BCUT2D eigenvalue weighted by atomic mass is 15.1. The van der Waals surface area contributed by atoms with Gasteiger partial charge in [0.05, 0.1) is 0 Å². The molecule has 0 amide bonds. The van der Waals surface area contributed by atoms with Crippen LogP contribution in [-0.4, -0.2) is 20.1 Å². The molecular weight excluding hydrogens is 220 g/mol. The first kappa shape index (κ1) is 13.4. The number of hydrogen-bond donors (Lipinski definition) is 1. The number of likely N-dealkylation sites (N-methyl/N-ethyl adjacent to an activating group) is 1. The molecule has 0 aromatic heterocycles. The maximum absolute atomic E-state index is 3.58. The minimum atomic E-state index is 0.400. The van der Waals surface area contributed by atoms with Crippen LogP contribution >= 0.6 is 0 Å². The molecule has 1 aromatic carbocycles. The van der Waals surface area contributed by atoms with Crippen molar-refractivity contribution in [2.24, 2.45) is 5.41 Å². The van der Waals surface area contributed by atoms with E-state index in [1.807, 2.05) is 0 Å². The highest BCUT2D eigenvalue weighted by molar-refractivity contribution is 5.58. The summed E-state index contributed by atoms with van der Waals surface area (Å²) < 4.78 is 0. The Morgan fingerprint density at radius 3 is 2.83 bits per heavy atom. The number of rotatable bonds is 5. The summed E-state index contributed by atoms with van der Waals surface area (Å²) in [6, 6.07) is 6.89. The van der Waals surface area contributed by atoms with Gasteiger partial charge in [-0.2, -0.15) is 0 Å². The molecule has 1 aliphatic heterocycles. The van der Waals surface area contributed by atoms with E-state index >= 15 is 0 Å². The average molecular weight is 246 g/mol. The molecule has 1 aliphatic rings. The van der Waals surface area contributed by atoms with Crippen molar-refractivity contribution in [3.05, 3.63) is 29.3 Å². The molecule has 1 N–H and O–H groups in total. The topological polar surface area (TPSA) is 15.3 Å². The second-order valence-electron chi connectivity index (χ2n) is 6.26. The van der Waals surface area contributed by atoms with Crippen LogP contribution in [0, 0.1) is 5.41 Å². The fourth-order valence-electron chi connectivity index (χ4n) is 2.40. The van der Waals surface area contributed by atoms with Gasteiger partial charge in [-0.3, -0.25) is 0 Å². The molecule has 1 heterocycles. The van der Waals surface area contributed by atoms with Crippen LogP contribution in [0.1, 0.15) is 38.3 Å². The Kier molecular flexibility index (Phi) is 3.96. The van der Waals surface area contributed by atoms with E-state index in [1.165, 1.54) is 29.7 Å². The number of fused-ring (bicyclic) bond motifs is 1. The standard InChI is InChI=1S/C16H26N2/c1-5-16(2,3)12-17-11-13-6-7-15-14(10-13)8-9-18(15)4/h6-7,10,17H,5,8-9,11-12H2,1-4H3. The molecule has 0 aliphatic carbocycles. The van der Waals surface area contributed by atoms with Gasteiger partial charge in [-0.15, -0.1) is 0 Å². The first-order valence-corrected chi connectivity index (χ1v) is 7.05. The van der Waals surface area contributed by atoms with E-state index in [4.69, 9.17) is 0 Å². The fourth-order valence-corrected chi connectivity index (χ4v) is 2.40. The molecular formula is C16H26N2. The second kappa shape index (κ2) is 5.31. The average Bonchev–Trinajstić information content (AvgIpc) is 2.71. The summed E-state index contributed by atoms with van der Waals surface area (Å²) in [5.41, 5.74) is 4.73. The molecule has 0 saturated heterocycles. The Bertz CT molecular complexity index is 410. The molecule has 1 aromatic rings. The van der Waals surface area contributed by atoms with Crippen molar-refractivity contribution in [1.82, 2.24) is 5.32 Å². The van der Waals surface area contributed by atoms with Gasteiger partial charge < -0.3 is 10.2 Å². The van der Waals surface area contributed by atoms with E-state index in [1.54, 1.807) is 0 Å². The Balaban J connectivity index is 1.92. The summed E-state index contributed by atoms with van der Waals surface area (Å²) in [4.78, 5) is 2.34. The van der Waals surface area contributed by atoms with Crippen LogP contribution in [0.2, 0.25) is 0 Å². The lowest BCUT2D eigenvalue weighted by Gasteiger charge is -2.23. The van der Waals surface area contributed by atoms with Gasteiger partial charge in [0.1, 0.15) is 0 Å². The number of benzene rings is 1. The number of nitrogens with zero attached hydrogens (tertiary/aromatic N) is 1. The van der Waals surface area contributed by atoms with E-state index in [2.05, 4.69) is 56.2 Å². The molecule has 0 spiro atoms. The second-order valence-corrected chi connectivity index (χ2v) is 6.26. The number of anilines is 1. The monoisotopic (exact) mass is 246 g/mol. The van der Waals surface area contributed by atoms with E-state index in [9.17, 15) is 0 Å². The zero-order valence-electron chi connectivity index (χ0n) is 12.2. The number of nitrogens with one attached hydrogen (secondary N) is 1. The van der Waals surface area contributed by atoms with Gasteiger partial charge in [-0.05, 0) is 35.4 Å². The van der Waals surface area contributed by atoms with Gasteiger partial charge in [0, 0.05) is 32.4 Å². The van der Waals surface area contributed by atoms with Crippen molar-refractivity contribution in [3.63, 3.8) is 0 Å². The van der Waals surface area contributed by atoms with E-state index in [-0.39, 0.29) is 0 Å². The van der Waals surface area contributed by atoms with Gasteiger partial charge in [-0.25, -0.2) is 0 Å². The van der Waals surface area contributed by atoms with Crippen LogP contribution in [0.5, 0.6) is 0 Å². The molecule has 2 nitrogen and oxygen atoms in total. The van der Waals surface area contributed by atoms with Gasteiger partial charge in [-0.1, -0.05) is 32.9 Å². The van der Waals surface area contributed by atoms with E-state index in [0.29, 0.717) is 5.41 Å². The summed E-state index contributed by atoms with van der Waals surface area (Å²) in [7, 11) is 2.17. The van der Waals surface area contributed by atoms with Gasteiger partial charge in [0.15, 0.2) is 0 Å². The largest absolute Gasteiger partial charge is 0.374 e. The van der Waals surface area contributed by atoms with Gasteiger partial charge in [0.25, 0.3) is 0 Å². The van der Waals surface area contributed by atoms with E-state index in [0.717, 1.165) is 19.6 Å². The lowest BCUT2D eigenvalue weighted by Crippen LogP contribution is -2.28. The van der Waals surface area contributed by atoms with Crippen molar-refractivity contribution < 1.29 is 0 Å². The number of hydrogen-bond acceptors (Lipinski definition) is 2. The molecule has 2 rings (SSSR count). The third-order valence-electron chi connectivity index (χ3n) is 4.16. The quantitative estimate of drug-likeness (QED) is 0.858. The molecule has 18 heavy (non-hydrogen) atoms. The first-order chi connectivity index (χ1) is 8.52. The first-order valence-electron chi connectivity index (χ1n) is 7.05. The zero-order chi connectivity index (χ0) is 13.2. The van der Waals surface area contributed by atoms with Gasteiger partial charge >= 0.3 is 0 Å². The highest BCUT2D eigenvalue weighted by Crippen LogP contribution is 2.27. The normalized spacial score (nSPS) is 15.0. The lowest BCUT2D eigenvalue weighted by molar-refractivity contribution is 0.327. The highest BCUT2D eigenvalue weighted by Gasteiger charge is 2.16. The van der Waals surface area contributed by atoms with Crippen LogP contribution in [-0.2, 0) is 13.0 Å². The Morgan fingerprint density at radius 1 is 1.33 bits per heavy atom. The third kappa shape index (κ3) is 3.05. The van der Waals surface area contributed by atoms with Crippen molar-refractivity contribution in [1.29, 1.82) is 0 Å². The fraction of sp³-hybridized carbons (Fsp3) is 0.625. The maximum Gasteiger partial charge on any atom is 0.0397 e. The van der Waals surface area contributed by atoms with Crippen LogP contribution < -0.4 is 10.2 Å². The summed E-state index contributed by atoms with van der Waals surface area (Å²) in [5.74, 6) is 0. The maximum atomic E-state index is 3.58. The molecule has 0 atom stereocenters. The molecule has 0 unspecified atom stereocenters. The zero-order valence-corrected chi connectivity index (χ0v) is 12.2. The molecule has 2 heteroatoms. The minimum absolute atomic E-state index is 0.400. The smallest absolute Gasteiger partial charge is 0.0397 e. The minimum Gasteiger partial charge on any atom is -0.374 e.